The average molecular weight is 267 g/mol. The van der Waals surface area contributed by atoms with Crippen LogP contribution in [0, 0.1) is 11.8 Å². The van der Waals surface area contributed by atoms with E-state index in [-0.39, 0.29) is 11.9 Å². The van der Waals surface area contributed by atoms with Crippen molar-refractivity contribution < 1.29 is 9.53 Å². The molecule has 0 bridgehead atoms. The maximum absolute atomic E-state index is 11.9. The second kappa shape index (κ2) is 7.28. The maximum Gasteiger partial charge on any atom is 0.310 e. The van der Waals surface area contributed by atoms with Crippen LogP contribution in [0.4, 0.5) is 0 Å². The molecule has 3 heteroatoms. The predicted octanol–water partition coefficient (Wildman–Crippen LogP) is 3.23. The third-order valence-electron chi connectivity index (χ3n) is 4.98. The summed E-state index contributed by atoms with van der Waals surface area (Å²) >= 11 is 0. The van der Waals surface area contributed by atoms with Crippen molar-refractivity contribution in [2.75, 3.05) is 19.7 Å². The molecule has 1 heterocycles. The van der Waals surface area contributed by atoms with Gasteiger partial charge in [0.1, 0.15) is 0 Å². The summed E-state index contributed by atoms with van der Waals surface area (Å²) in [5, 5.41) is 0. The number of esters is 1. The minimum atomic E-state index is 0.0226. The van der Waals surface area contributed by atoms with Gasteiger partial charge in [-0.1, -0.05) is 13.3 Å². The first-order chi connectivity index (χ1) is 9.24. The minimum Gasteiger partial charge on any atom is -0.466 e. The lowest BCUT2D eigenvalue weighted by Crippen LogP contribution is -2.46. The van der Waals surface area contributed by atoms with Gasteiger partial charge in [0.15, 0.2) is 0 Å². The zero-order valence-electron chi connectivity index (χ0n) is 12.6. The van der Waals surface area contributed by atoms with Crippen LogP contribution in [0.3, 0.4) is 0 Å². The zero-order valence-corrected chi connectivity index (χ0v) is 12.6. The van der Waals surface area contributed by atoms with Gasteiger partial charge >= 0.3 is 5.97 Å². The maximum atomic E-state index is 11.9. The molecule has 0 N–H and O–H groups in total. The minimum absolute atomic E-state index is 0.0226. The molecule has 1 saturated carbocycles. The molecule has 2 aliphatic rings. The smallest absolute Gasteiger partial charge is 0.310 e. The van der Waals surface area contributed by atoms with E-state index in [0.29, 0.717) is 6.61 Å². The Bertz CT molecular complexity index is 284. The van der Waals surface area contributed by atoms with Crippen LogP contribution in [-0.4, -0.2) is 36.6 Å². The summed E-state index contributed by atoms with van der Waals surface area (Å²) in [7, 11) is 0. The van der Waals surface area contributed by atoms with Crippen LogP contribution in [0.25, 0.3) is 0 Å². The molecule has 3 nitrogen and oxygen atoms in total. The molecular weight excluding hydrogens is 238 g/mol. The van der Waals surface area contributed by atoms with E-state index in [1.165, 1.54) is 38.6 Å². The number of likely N-dealkylation sites (tertiary alicyclic amines) is 1. The lowest BCUT2D eigenvalue weighted by atomic mass is 9.83. The normalized spacial score (nSPS) is 33.1. The topological polar surface area (TPSA) is 29.5 Å². The number of nitrogens with zero attached hydrogens (tertiary/aromatic N) is 1. The van der Waals surface area contributed by atoms with Crippen LogP contribution in [0.2, 0.25) is 0 Å². The molecule has 1 saturated heterocycles. The van der Waals surface area contributed by atoms with E-state index in [4.69, 9.17) is 4.74 Å². The van der Waals surface area contributed by atoms with Crippen LogP contribution < -0.4 is 0 Å². The molecule has 0 amide bonds. The quantitative estimate of drug-likeness (QED) is 0.732. The van der Waals surface area contributed by atoms with Crippen molar-refractivity contribution in [1.82, 2.24) is 4.90 Å². The molecule has 0 aromatic carbocycles. The number of hydrogen-bond acceptors (Lipinski definition) is 3. The van der Waals surface area contributed by atoms with E-state index in [1.54, 1.807) is 0 Å². The van der Waals surface area contributed by atoms with E-state index in [2.05, 4.69) is 11.8 Å². The molecular formula is C16H29NO2. The van der Waals surface area contributed by atoms with Gasteiger partial charge in [0, 0.05) is 12.6 Å². The Balaban J connectivity index is 1.82. The summed E-state index contributed by atoms with van der Waals surface area (Å²) in [6.45, 7) is 6.82. The van der Waals surface area contributed by atoms with Crippen molar-refractivity contribution in [3.63, 3.8) is 0 Å². The van der Waals surface area contributed by atoms with Gasteiger partial charge in [0.25, 0.3) is 0 Å². The molecule has 1 aliphatic carbocycles. The fraction of sp³-hybridized carbons (Fsp3) is 0.938. The highest BCUT2D eigenvalue weighted by Gasteiger charge is 2.32. The first-order valence-corrected chi connectivity index (χ1v) is 8.15. The van der Waals surface area contributed by atoms with Crippen LogP contribution in [-0.2, 0) is 9.53 Å². The predicted molar refractivity (Wildman–Crippen MR) is 77.0 cm³/mol. The van der Waals surface area contributed by atoms with Gasteiger partial charge in [-0.2, -0.15) is 0 Å². The first-order valence-electron chi connectivity index (χ1n) is 8.15. The highest BCUT2D eigenvalue weighted by molar-refractivity contribution is 5.72. The van der Waals surface area contributed by atoms with Gasteiger partial charge in [0.2, 0.25) is 0 Å². The summed E-state index contributed by atoms with van der Waals surface area (Å²) < 4.78 is 5.19. The van der Waals surface area contributed by atoms with Crippen molar-refractivity contribution in [2.45, 2.75) is 64.8 Å². The molecule has 19 heavy (non-hydrogen) atoms. The Morgan fingerprint density at radius 3 is 2.53 bits per heavy atom. The number of hydrogen-bond donors (Lipinski definition) is 0. The largest absolute Gasteiger partial charge is 0.466 e. The summed E-state index contributed by atoms with van der Waals surface area (Å²) in [6.07, 6.45) is 8.90. The molecule has 0 aromatic heterocycles. The fourth-order valence-electron chi connectivity index (χ4n) is 3.71. The van der Waals surface area contributed by atoms with Crippen molar-refractivity contribution in [1.29, 1.82) is 0 Å². The van der Waals surface area contributed by atoms with Crippen LogP contribution in [0.15, 0.2) is 0 Å². The van der Waals surface area contributed by atoms with Gasteiger partial charge in [0.05, 0.1) is 12.5 Å². The number of ether oxygens (including phenoxy) is 1. The van der Waals surface area contributed by atoms with Crippen molar-refractivity contribution in [3.05, 3.63) is 0 Å². The number of piperidine rings is 1. The van der Waals surface area contributed by atoms with Gasteiger partial charge in [-0.25, -0.2) is 0 Å². The number of rotatable bonds is 4. The third kappa shape index (κ3) is 3.95. The standard InChI is InChI=1S/C16H29NO2/c1-3-13-7-9-15(10-8-13)17-11-5-6-14(12-17)16(18)19-4-2/h13-15H,3-12H2,1-2H3/t13?,14-,15?/m1/s1. The zero-order chi connectivity index (χ0) is 13.7. The van der Waals surface area contributed by atoms with E-state index >= 15 is 0 Å². The molecule has 0 unspecified atom stereocenters. The Morgan fingerprint density at radius 1 is 1.16 bits per heavy atom. The molecule has 1 atom stereocenters. The van der Waals surface area contributed by atoms with Gasteiger partial charge in [-0.05, 0) is 57.9 Å². The Hall–Kier alpha value is -0.570. The SMILES string of the molecule is CCOC(=O)[C@@H]1CCCN(C2CCC(CC)CC2)C1. The van der Waals surface area contributed by atoms with Crippen molar-refractivity contribution >= 4 is 5.97 Å². The van der Waals surface area contributed by atoms with Gasteiger partial charge in [-0.15, -0.1) is 0 Å². The molecule has 1 aliphatic heterocycles. The Kier molecular flexibility index (Phi) is 5.68. The molecule has 0 aromatic rings. The van der Waals surface area contributed by atoms with E-state index in [9.17, 15) is 4.79 Å². The molecule has 2 rings (SSSR count). The van der Waals surface area contributed by atoms with Gasteiger partial charge in [-0.3, -0.25) is 9.69 Å². The number of carbonyl (C=O) groups is 1. The summed E-state index contributed by atoms with van der Waals surface area (Å²) in [4.78, 5) is 14.4. The number of carbonyl (C=O) groups excluding carboxylic acids is 1. The van der Waals surface area contributed by atoms with Crippen molar-refractivity contribution in [3.8, 4) is 0 Å². The van der Waals surface area contributed by atoms with E-state index < -0.39 is 0 Å². The van der Waals surface area contributed by atoms with E-state index in [1.807, 2.05) is 6.92 Å². The second-order valence-electron chi connectivity index (χ2n) is 6.17. The third-order valence-corrected chi connectivity index (χ3v) is 4.98. The first kappa shape index (κ1) is 14.8. The summed E-state index contributed by atoms with van der Waals surface area (Å²) in [5.74, 6) is 1.09. The lowest BCUT2D eigenvalue weighted by molar-refractivity contribution is -0.150. The Labute approximate surface area is 117 Å². The average Bonchev–Trinajstić information content (AvgIpc) is 2.48. The summed E-state index contributed by atoms with van der Waals surface area (Å²) in [6, 6.07) is 0.722. The van der Waals surface area contributed by atoms with Crippen LogP contribution in [0.5, 0.6) is 0 Å². The lowest BCUT2D eigenvalue weighted by Gasteiger charge is -2.40. The van der Waals surface area contributed by atoms with Gasteiger partial charge < -0.3 is 4.74 Å². The molecule has 0 spiro atoms. The Morgan fingerprint density at radius 2 is 1.89 bits per heavy atom. The summed E-state index contributed by atoms with van der Waals surface area (Å²) in [5.41, 5.74) is 0. The molecule has 2 fully saturated rings. The second-order valence-corrected chi connectivity index (χ2v) is 6.17. The van der Waals surface area contributed by atoms with Crippen LogP contribution >= 0.6 is 0 Å². The van der Waals surface area contributed by atoms with E-state index in [0.717, 1.165) is 31.3 Å². The monoisotopic (exact) mass is 267 g/mol. The van der Waals surface area contributed by atoms with Crippen molar-refractivity contribution in [2.24, 2.45) is 11.8 Å². The molecule has 110 valence electrons. The highest BCUT2D eigenvalue weighted by Crippen LogP contribution is 2.31. The van der Waals surface area contributed by atoms with Crippen LogP contribution in [0.1, 0.15) is 58.8 Å². The fourth-order valence-corrected chi connectivity index (χ4v) is 3.71. The molecule has 0 radical (unpaired) electrons. The highest BCUT2D eigenvalue weighted by atomic mass is 16.5.